The average Bonchev–Trinajstić information content (AvgIpc) is 3.55. The highest BCUT2D eigenvalue weighted by Gasteiger charge is 2.31. The molecule has 2 aromatic heterocycles. The molecule has 0 spiro atoms. The molecule has 1 amide bonds. The maximum Gasteiger partial charge on any atom is 0.416 e. The van der Waals surface area contributed by atoms with E-state index < -0.39 is 17.6 Å². The highest BCUT2D eigenvalue weighted by Crippen LogP contribution is 2.34. The monoisotopic (exact) mass is 521 g/mol. The van der Waals surface area contributed by atoms with E-state index >= 15 is 0 Å². The molecule has 38 heavy (non-hydrogen) atoms. The molecule has 5 rings (SSSR count). The summed E-state index contributed by atoms with van der Waals surface area (Å²) in [6.45, 7) is 0.757. The molecule has 1 N–H and O–H groups in total. The number of benzene rings is 2. The van der Waals surface area contributed by atoms with Crippen LogP contribution in [0.2, 0.25) is 0 Å². The second-order valence-corrected chi connectivity index (χ2v) is 8.54. The number of nitrogens with one attached hydrogen (secondary N) is 1. The van der Waals surface area contributed by atoms with Gasteiger partial charge in [0.1, 0.15) is 5.69 Å². The van der Waals surface area contributed by atoms with E-state index in [0.29, 0.717) is 36.4 Å². The minimum Gasteiger partial charge on any atom is -0.324 e. The van der Waals surface area contributed by atoms with Gasteiger partial charge in [-0.05, 0) is 54.4 Å². The largest absolute Gasteiger partial charge is 0.416 e. The topological polar surface area (TPSA) is 99.7 Å². The summed E-state index contributed by atoms with van der Waals surface area (Å²) in [6, 6.07) is 11.4. The first-order valence-electron chi connectivity index (χ1n) is 11.5. The van der Waals surface area contributed by atoms with Gasteiger partial charge in [0.15, 0.2) is 5.82 Å². The summed E-state index contributed by atoms with van der Waals surface area (Å²) >= 11 is 0. The van der Waals surface area contributed by atoms with Crippen molar-refractivity contribution < 1.29 is 22.4 Å². The number of anilines is 3. The molecule has 0 atom stereocenters. The lowest BCUT2D eigenvalue weighted by Gasteiger charge is -2.18. The number of amides is 1. The van der Waals surface area contributed by atoms with Gasteiger partial charge >= 0.3 is 6.18 Å². The number of halogens is 4. The lowest BCUT2D eigenvalue weighted by Crippen LogP contribution is -2.28. The molecule has 8 nitrogen and oxygen atoms in total. The second kappa shape index (κ2) is 9.93. The molecule has 1 aliphatic heterocycles. The third-order valence-electron chi connectivity index (χ3n) is 6.04. The van der Waals surface area contributed by atoms with Crippen LogP contribution in [0, 0.1) is 17.1 Å². The zero-order valence-corrected chi connectivity index (χ0v) is 19.7. The van der Waals surface area contributed by atoms with Crippen molar-refractivity contribution in [2.45, 2.75) is 25.6 Å². The first-order chi connectivity index (χ1) is 18.2. The highest BCUT2D eigenvalue weighted by molar-refractivity contribution is 6.07. The minimum absolute atomic E-state index is 0.0557. The standard InChI is InChI=1S/C26H19F4N7O/c27-21-14-32-25(35-23(21)18-13-33-36(15-18)10-1-9-31)34-20-6-7-22-17(12-20)8-11-37(22)24(38)16-2-4-19(5-3-16)26(28,29)30/h2-7,12-15H,1,8,10-11H2,(H,32,34,35). The number of aryl methyl sites for hydroxylation is 1. The number of alkyl halides is 3. The maximum absolute atomic E-state index is 14.4. The molecule has 4 aromatic rings. The molecule has 0 saturated heterocycles. The molecule has 192 valence electrons. The number of nitriles is 1. The number of rotatable bonds is 6. The van der Waals surface area contributed by atoms with Gasteiger partial charge in [-0.25, -0.2) is 14.4 Å². The Kier molecular flexibility index (Phi) is 6.50. The van der Waals surface area contributed by atoms with Crippen LogP contribution in [0.4, 0.5) is 34.9 Å². The molecule has 2 aromatic carbocycles. The van der Waals surface area contributed by atoms with Crippen LogP contribution in [0.3, 0.4) is 0 Å². The third-order valence-corrected chi connectivity index (χ3v) is 6.04. The van der Waals surface area contributed by atoms with Gasteiger partial charge in [-0.1, -0.05) is 0 Å². The Morgan fingerprint density at radius 3 is 2.66 bits per heavy atom. The average molecular weight is 521 g/mol. The Hall–Kier alpha value is -4.79. The summed E-state index contributed by atoms with van der Waals surface area (Å²) in [5.41, 5.74) is 1.98. The fourth-order valence-corrected chi connectivity index (χ4v) is 4.18. The maximum atomic E-state index is 14.4. The van der Waals surface area contributed by atoms with Gasteiger partial charge in [0.25, 0.3) is 5.91 Å². The van der Waals surface area contributed by atoms with Crippen molar-refractivity contribution in [2.24, 2.45) is 0 Å². The Morgan fingerprint density at radius 1 is 1.13 bits per heavy atom. The Balaban J connectivity index is 1.32. The normalized spacial score (nSPS) is 12.8. The molecule has 0 bridgehead atoms. The van der Waals surface area contributed by atoms with E-state index in [1.807, 2.05) is 12.1 Å². The minimum atomic E-state index is -4.47. The smallest absolute Gasteiger partial charge is 0.324 e. The second-order valence-electron chi connectivity index (χ2n) is 8.54. The van der Waals surface area contributed by atoms with Crippen LogP contribution in [0.15, 0.2) is 61.1 Å². The third kappa shape index (κ3) is 5.04. The molecular formula is C26H19F4N7O. The van der Waals surface area contributed by atoms with Gasteiger partial charge in [0.2, 0.25) is 5.95 Å². The summed E-state index contributed by atoms with van der Waals surface area (Å²) in [5, 5.41) is 15.9. The van der Waals surface area contributed by atoms with Crippen molar-refractivity contribution >= 4 is 23.2 Å². The number of fused-ring (bicyclic) bond motifs is 1. The van der Waals surface area contributed by atoms with Crippen molar-refractivity contribution in [3.8, 4) is 17.3 Å². The van der Waals surface area contributed by atoms with E-state index in [2.05, 4.69) is 20.4 Å². The molecule has 1 aliphatic rings. The summed E-state index contributed by atoms with van der Waals surface area (Å²) in [7, 11) is 0. The van der Waals surface area contributed by atoms with Crippen molar-refractivity contribution in [3.63, 3.8) is 0 Å². The molecule has 0 saturated carbocycles. The fraction of sp³-hybridized carbons (Fsp3) is 0.192. The Labute approximate surface area is 214 Å². The molecule has 0 fully saturated rings. The SMILES string of the molecule is N#CCCn1cc(-c2nc(Nc3ccc4c(c3)CCN4C(=O)c3ccc(C(F)(F)F)cc3)ncc2F)cn1. The van der Waals surface area contributed by atoms with Crippen LogP contribution >= 0.6 is 0 Å². The molecule has 0 radical (unpaired) electrons. The number of hydrogen-bond donors (Lipinski definition) is 1. The first-order valence-corrected chi connectivity index (χ1v) is 11.5. The van der Waals surface area contributed by atoms with Gasteiger partial charge in [0.05, 0.1) is 37.0 Å². The Bertz CT molecular complexity index is 1540. The summed E-state index contributed by atoms with van der Waals surface area (Å²) in [5.74, 6) is -0.858. The predicted octanol–water partition coefficient (Wildman–Crippen LogP) is 5.36. The highest BCUT2D eigenvalue weighted by atomic mass is 19.4. The zero-order chi connectivity index (χ0) is 26.9. The first kappa shape index (κ1) is 24.9. The Morgan fingerprint density at radius 2 is 1.92 bits per heavy atom. The van der Waals surface area contributed by atoms with Crippen molar-refractivity contribution in [1.29, 1.82) is 5.26 Å². The van der Waals surface area contributed by atoms with E-state index in [1.165, 1.54) is 27.9 Å². The van der Waals surface area contributed by atoms with E-state index in [0.717, 1.165) is 23.9 Å². The number of aromatic nitrogens is 4. The van der Waals surface area contributed by atoms with Crippen LogP contribution in [-0.4, -0.2) is 32.2 Å². The van der Waals surface area contributed by atoms with Crippen LogP contribution in [-0.2, 0) is 19.1 Å². The number of hydrogen-bond acceptors (Lipinski definition) is 6. The summed E-state index contributed by atoms with van der Waals surface area (Å²) < 4.78 is 54.5. The number of nitrogens with zero attached hydrogens (tertiary/aromatic N) is 6. The van der Waals surface area contributed by atoms with Crippen LogP contribution in [0.1, 0.15) is 27.9 Å². The van der Waals surface area contributed by atoms with Gasteiger partial charge < -0.3 is 10.2 Å². The summed E-state index contributed by atoms with van der Waals surface area (Å²) in [6.07, 6.45) is 0.463. The molecule has 3 heterocycles. The molecule has 0 unspecified atom stereocenters. The number of carbonyl (C=O) groups excluding carboxylic acids is 1. The fourth-order valence-electron chi connectivity index (χ4n) is 4.18. The van der Waals surface area contributed by atoms with E-state index in [-0.39, 0.29) is 29.5 Å². The van der Waals surface area contributed by atoms with Crippen LogP contribution < -0.4 is 10.2 Å². The van der Waals surface area contributed by atoms with Crippen molar-refractivity contribution in [1.82, 2.24) is 19.7 Å². The molecular weight excluding hydrogens is 502 g/mol. The van der Waals surface area contributed by atoms with Crippen LogP contribution in [0.25, 0.3) is 11.3 Å². The van der Waals surface area contributed by atoms with Crippen molar-refractivity contribution in [3.05, 3.63) is 83.6 Å². The van der Waals surface area contributed by atoms with Gasteiger partial charge in [-0.15, -0.1) is 0 Å². The van der Waals surface area contributed by atoms with E-state index in [4.69, 9.17) is 5.26 Å². The summed E-state index contributed by atoms with van der Waals surface area (Å²) in [4.78, 5) is 22.8. The lowest BCUT2D eigenvalue weighted by atomic mass is 10.1. The van der Waals surface area contributed by atoms with E-state index in [9.17, 15) is 22.4 Å². The zero-order valence-electron chi connectivity index (χ0n) is 19.7. The van der Waals surface area contributed by atoms with E-state index in [1.54, 1.807) is 18.3 Å². The predicted molar refractivity (Wildman–Crippen MR) is 130 cm³/mol. The van der Waals surface area contributed by atoms with Gasteiger partial charge in [-0.3, -0.25) is 9.48 Å². The molecule has 12 heteroatoms. The van der Waals surface area contributed by atoms with Gasteiger partial charge in [-0.2, -0.15) is 23.5 Å². The molecule has 0 aliphatic carbocycles. The van der Waals surface area contributed by atoms with Crippen molar-refractivity contribution in [2.75, 3.05) is 16.8 Å². The quantitative estimate of drug-likeness (QED) is 0.343. The number of carbonyl (C=O) groups is 1. The van der Waals surface area contributed by atoms with Gasteiger partial charge in [0, 0.05) is 35.2 Å². The lowest BCUT2D eigenvalue weighted by molar-refractivity contribution is -0.137. The van der Waals surface area contributed by atoms with Crippen LogP contribution in [0.5, 0.6) is 0 Å².